The van der Waals surface area contributed by atoms with E-state index in [1.54, 1.807) is 11.0 Å². The molecule has 98 valence electrons. The Bertz CT molecular complexity index is 479. The van der Waals surface area contributed by atoms with Crippen LogP contribution in [0.25, 0.3) is 0 Å². The first kappa shape index (κ1) is 13.0. The second-order valence-corrected chi connectivity index (χ2v) is 5.86. The van der Waals surface area contributed by atoms with Crippen LogP contribution in [0.15, 0.2) is 18.2 Å². The average molecular weight is 250 g/mol. The quantitative estimate of drug-likeness (QED) is 0.829. The molecule has 0 bridgehead atoms. The summed E-state index contributed by atoms with van der Waals surface area (Å²) in [6.45, 7) is 6.37. The fourth-order valence-electron chi connectivity index (χ4n) is 2.12. The molecule has 1 aliphatic rings. The summed E-state index contributed by atoms with van der Waals surface area (Å²) in [6, 6.07) is 4.00. The molecule has 2 N–H and O–H groups in total. The summed E-state index contributed by atoms with van der Waals surface area (Å²) in [6.07, 6.45) is 0.762. The fourth-order valence-corrected chi connectivity index (χ4v) is 2.12. The number of rotatable bonds is 1. The Morgan fingerprint density at radius 1 is 1.44 bits per heavy atom. The van der Waals surface area contributed by atoms with Gasteiger partial charge in [0.25, 0.3) is 0 Å². The predicted octanol–water partition coefficient (Wildman–Crippen LogP) is 2.09. The van der Waals surface area contributed by atoms with E-state index in [2.05, 4.69) is 0 Å². The van der Waals surface area contributed by atoms with Gasteiger partial charge in [0, 0.05) is 12.2 Å². The van der Waals surface area contributed by atoms with Gasteiger partial charge in [0.05, 0.1) is 6.04 Å². The van der Waals surface area contributed by atoms with Crippen LogP contribution in [0.3, 0.4) is 0 Å². The van der Waals surface area contributed by atoms with Gasteiger partial charge in [-0.05, 0) is 29.5 Å². The standard InChI is InChI=1S/C14H19FN2O/c1-14(2,3)12(16)13(18)17-7-6-9-4-5-10(15)8-11(9)17/h4-5,8,12H,6-7,16H2,1-3H3. The highest BCUT2D eigenvalue weighted by Crippen LogP contribution is 2.31. The second-order valence-electron chi connectivity index (χ2n) is 5.86. The van der Waals surface area contributed by atoms with E-state index in [4.69, 9.17) is 5.73 Å². The lowest BCUT2D eigenvalue weighted by molar-refractivity contribution is -0.121. The van der Waals surface area contributed by atoms with Crippen LogP contribution in [0.1, 0.15) is 26.3 Å². The maximum absolute atomic E-state index is 13.3. The van der Waals surface area contributed by atoms with E-state index in [0.29, 0.717) is 12.2 Å². The Kier molecular flexibility index (Phi) is 3.15. The number of carbonyl (C=O) groups excluding carboxylic acids is 1. The molecule has 1 heterocycles. The maximum atomic E-state index is 13.3. The molecular weight excluding hydrogens is 231 g/mol. The van der Waals surface area contributed by atoms with Gasteiger partial charge in [-0.3, -0.25) is 4.79 Å². The molecule has 0 fully saturated rings. The van der Waals surface area contributed by atoms with E-state index in [-0.39, 0.29) is 17.1 Å². The molecule has 1 amide bonds. The van der Waals surface area contributed by atoms with Gasteiger partial charge in [0.2, 0.25) is 5.91 Å². The van der Waals surface area contributed by atoms with Crippen LogP contribution < -0.4 is 10.6 Å². The van der Waals surface area contributed by atoms with Crippen molar-refractivity contribution in [3.63, 3.8) is 0 Å². The number of nitrogens with zero attached hydrogens (tertiary/aromatic N) is 1. The molecule has 0 aliphatic carbocycles. The molecule has 18 heavy (non-hydrogen) atoms. The van der Waals surface area contributed by atoms with Crippen LogP contribution in [0.4, 0.5) is 10.1 Å². The lowest BCUT2D eigenvalue weighted by atomic mass is 9.86. The number of hydrogen-bond donors (Lipinski definition) is 1. The summed E-state index contributed by atoms with van der Waals surface area (Å²) >= 11 is 0. The van der Waals surface area contributed by atoms with E-state index >= 15 is 0 Å². The highest BCUT2D eigenvalue weighted by atomic mass is 19.1. The highest BCUT2D eigenvalue weighted by Gasteiger charge is 2.34. The first-order valence-electron chi connectivity index (χ1n) is 6.16. The highest BCUT2D eigenvalue weighted by molar-refractivity contribution is 5.99. The molecule has 0 saturated heterocycles. The minimum Gasteiger partial charge on any atom is -0.319 e. The van der Waals surface area contributed by atoms with Crippen molar-refractivity contribution in [2.75, 3.05) is 11.4 Å². The molecular formula is C14H19FN2O. The minimum atomic E-state index is -0.577. The van der Waals surface area contributed by atoms with Crippen LogP contribution in [0.2, 0.25) is 0 Å². The van der Waals surface area contributed by atoms with Crippen LogP contribution in [0, 0.1) is 11.2 Å². The van der Waals surface area contributed by atoms with E-state index in [9.17, 15) is 9.18 Å². The maximum Gasteiger partial charge on any atom is 0.244 e. The predicted molar refractivity (Wildman–Crippen MR) is 69.9 cm³/mol. The van der Waals surface area contributed by atoms with E-state index in [1.165, 1.54) is 12.1 Å². The summed E-state index contributed by atoms with van der Waals surface area (Å²) < 4.78 is 13.3. The van der Waals surface area contributed by atoms with Crippen LogP contribution in [-0.2, 0) is 11.2 Å². The SMILES string of the molecule is CC(C)(C)C(N)C(=O)N1CCc2ccc(F)cc21. The smallest absolute Gasteiger partial charge is 0.244 e. The largest absolute Gasteiger partial charge is 0.319 e. The fraction of sp³-hybridized carbons (Fsp3) is 0.500. The first-order chi connectivity index (χ1) is 8.30. The summed E-state index contributed by atoms with van der Waals surface area (Å²) in [7, 11) is 0. The van der Waals surface area contributed by atoms with Crippen molar-refractivity contribution in [3.05, 3.63) is 29.6 Å². The zero-order chi connectivity index (χ0) is 13.5. The third kappa shape index (κ3) is 2.25. The number of carbonyl (C=O) groups is 1. The number of nitrogens with two attached hydrogens (primary N) is 1. The van der Waals surface area contributed by atoms with Gasteiger partial charge in [-0.2, -0.15) is 0 Å². The molecule has 3 nitrogen and oxygen atoms in total. The Labute approximate surface area is 107 Å². The van der Waals surface area contributed by atoms with Gasteiger partial charge in [0.15, 0.2) is 0 Å². The summed E-state index contributed by atoms with van der Waals surface area (Å²) in [5.41, 5.74) is 7.36. The van der Waals surface area contributed by atoms with Crippen molar-refractivity contribution < 1.29 is 9.18 Å². The molecule has 0 aromatic heterocycles. The average Bonchev–Trinajstić information content (AvgIpc) is 2.68. The lowest BCUT2D eigenvalue weighted by Gasteiger charge is -2.30. The molecule has 1 aliphatic heterocycles. The third-order valence-corrected chi connectivity index (χ3v) is 3.41. The number of fused-ring (bicyclic) bond motifs is 1. The zero-order valence-corrected chi connectivity index (χ0v) is 11.0. The van der Waals surface area contributed by atoms with E-state index in [0.717, 1.165) is 12.0 Å². The number of halogens is 1. The summed E-state index contributed by atoms with van der Waals surface area (Å²) in [5, 5.41) is 0. The normalized spacial score (nSPS) is 16.6. The van der Waals surface area contributed by atoms with E-state index in [1.807, 2.05) is 20.8 Å². The minimum absolute atomic E-state index is 0.133. The molecule has 1 aromatic rings. The molecule has 0 spiro atoms. The van der Waals surface area contributed by atoms with Crippen LogP contribution >= 0.6 is 0 Å². The Morgan fingerprint density at radius 3 is 2.72 bits per heavy atom. The van der Waals surface area contributed by atoms with Crippen molar-refractivity contribution in [2.45, 2.75) is 33.2 Å². The molecule has 1 atom stereocenters. The van der Waals surface area contributed by atoms with Gasteiger partial charge in [-0.25, -0.2) is 4.39 Å². The van der Waals surface area contributed by atoms with Crippen molar-refractivity contribution >= 4 is 11.6 Å². The Hall–Kier alpha value is -1.42. The van der Waals surface area contributed by atoms with Crippen molar-refractivity contribution in [2.24, 2.45) is 11.1 Å². The zero-order valence-electron chi connectivity index (χ0n) is 11.0. The molecule has 1 aromatic carbocycles. The van der Waals surface area contributed by atoms with E-state index < -0.39 is 6.04 Å². The van der Waals surface area contributed by atoms with Crippen LogP contribution in [0.5, 0.6) is 0 Å². The van der Waals surface area contributed by atoms with Crippen molar-refractivity contribution in [3.8, 4) is 0 Å². The summed E-state index contributed by atoms with van der Waals surface area (Å²) in [5.74, 6) is -0.454. The van der Waals surface area contributed by atoms with Gasteiger partial charge < -0.3 is 10.6 Å². The molecule has 4 heteroatoms. The first-order valence-corrected chi connectivity index (χ1v) is 6.16. The monoisotopic (exact) mass is 250 g/mol. The molecule has 1 unspecified atom stereocenters. The van der Waals surface area contributed by atoms with Gasteiger partial charge >= 0.3 is 0 Å². The van der Waals surface area contributed by atoms with Crippen molar-refractivity contribution in [1.82, 2.24) is 0 Å². The third-order valence-electron chi connectivity index (χ3n) is 3.41. The van der Waals surface area contributed by atoms with Crippen LogP contribution in [-0.4, -0.2) is 18.5 Å². The van der Waals surface area contributed by atoms with Gasteiger partial charge in [-0.15, -0.1) is 0 Å². The van der Waals surface area contributed by atoms with Crippen molar-refractivity contribution in [1.29, 1.82) is 0 Å². The summed E-state index contributed by atoms with van der Waals surface area (Å²) in [4.78, 5) is 13.9. The number of hydrogen-bond acceptors (Lipinski definition) is 2. The number of amides is 1. The lowest BCUT2D eigenvalue weighted by Crippen LogP contribution is -2.50. The Balaban J connectivity index is 2.28. The number of anilines is 1. The molecule has 0 radical (unpaired) electrons. The number of benzene rings is 1. The van der Waals surface area contributed by atoms with Gasteiger partial charge in [-0.1, -0.05) is 26.8 Å². The Morgan fingerprint density at radius 2 is 2.11 bits per heavy atom. The second kappa shape index (κ2) is 4.35. The van der Waals surface area contributed by atoms with Gasteiger partial charge in [0.1, 0.15) is 5.82 Å². The topological polar surface area (TPSA) is 46.3 Å². The molecule has 2 rings (SSSR count). The molecule has 0 saturated carbocycles.